The molecule has 0 aliphatic heterocycles. The molecule has 0 radical (unpaired) electrons. The van der Waals surface area contributed by atoms with Gasteiger partial charge in [-0.3, -0.25) is 4.79 Å². The molecule has 4 heteroatoms. The van der Waals surface area contributed by atoms with Gasteiger partial charge < -0.3 is 11.1 Å². The summed E-state index contributed by atoms with van der Waals surface area (Å²) in [6, 6.07) is 10.8. The Balaban J connectivity index is 2.28. The smallest absolute Gasteiger partial charge is 0.257 e. The molecule has 0 aliphatic carbocycles. The highest BCUT2D eigenvalue weighted by Gasteiger charge is 2.11. The monoisotopic (exact) mass is 274 g/mol. The Morgan fingerprint density at radius 2 is 1.74 bits per heavy atom. The van der Waals surface area contributed by atoms with E-state index in [-0.39, 0.29) is 5.91 Å². The van der Waals surface area contributed by atoms with Crippen molar-refractivity contribution in [1.29, 1.82) is 0 Å². The minimum absolute atomic E-state index is 0.262. The third kappa shape index (κ3) is 3.06. The predicted octanol–water partition coefficient (Wildman–Crippen LogP) is 3.79. The van der Waals surface area contributed by atoms with Gasteiger partial charge in [0.05, 0.1) is 22.0 Å². The normalized spacial score (nSPS) is 10.3. The van der Waals surface area contributed by atoms with E-state index in [1.807, 2.05) is 32.0 Å². The summed E-state index contributed by atoms with van der Waals surface area (Å²) in [7, 11) is 0. The first-order valence-electron chi connectivity index (χ1n) is 5.91. The maximum atomic E-state index is 12.2. The Bertz CT molecular complexity index is 638. The predicted molar refractivity (Wildman–Crippen MR) is 79.7 cm³/mol. The number of rotatable bonds is 2. The molecule has 0 heterocycles. The average molecular weight is 275 g/mol. The summed E-state index contributed by atoms with van der Waals surface area (Å²) < 4.78 is 0. The Morgan fingerprint density at radius 3 is 2.42 bits per heavy atom. The summed E-state index contributed by atoms with van der Waals surface area (Å²) in [5.74, 6) is -0.262. The molecule has 2 aromatic carbocycles. The van der Waals surface area contributed by atoms with E-state index in [9.17, 15) is 4.79 Å². The van der Waals surface area contributed by atoms with Crippen LogP contribution >= 0.6 is 11.6 Å². The van der Waals surface area contributed by atoms with Crippen LogP contribution in [0.2, 0.25) is 5.02 Å². The second-order valence-corrected chi connectivity index (χ2v) is 4.94. The van der Waals surface area contributed by atoms with Gasteiger partial charge in [0.1, 0.15) is 0 Å². The number of carbonyl (C=O) groups excluding carboxylic acids is 1. The van der Waals surface area contributed by atoms with Gasteiger partial charge in [-0.05, 0) is 49.2 Å². The van der Waals surface area contributed by atoms with Gasteiger partial charge in [-0.15, -0.1) is 0 Å². The molecule has 0 saturated carbocycles. The fourth-order valence-corrected chi connectivity index (χ4v) is 2.09. The van der Waals surface area contributed by atoms with Gasteiger partial charge in [0, 0.05) is 0 Å². The standard InChI is InChI=1S/C15H15ClN2O/c1-9-3-5-11(12(16)7-9)15(19)18-14-8-10(2)4-6-13(14)17/h3-8H,17H2,1-2H3,(H,18,19). The number of carbonyl (C=O) groups is 1. The van der Waals surface area contributed by atoms with Crippen LogP contribution in [0.15, 0.2) is 36.4 Å². The van der Waals surface area contributed by atoms with E-state index >= 15 is 0 Å². The first kappa shape index (κ1) is 13.4. The van der Waals surface area contributed by atoms with Crippen molar-refractivity contribution < 1.29 is 4.79 Å². The first-order chi connectivity index (χ1) is 8.97. The second kappa shape index (κ2) is 5.33. The Hall–Kier alpha value is -2.00. The molecular formula is C15H15ClN2O. The van der Waals surface area contributed by atoms with Crippen LogP contribution in [0.3, 0.4) is 0 Å². The molecule has 0 fully saturated rings. The van der Waals surface area contributed by atoms with Gasteiger partial charge >= 0.3 is 0 Å². The van der Waals surface area contributed by atoms with E-state index in [1.54, 1.807) is 18.2 Å². The van der Waals surface area contributed by atoms with Crippen LogP contribution in [-0.4, -0.2) is 5.91 Å². The molecule has 2 rings (SSSR count). The molecule has 0 spiro atoms. The summed E-state index contributed by atoms with van der Waals surface area (Å²) in [4.78, 5) is 12.2. The van der Waals surface area contributed by atoms with Gasteiger partial charge in [-0.1, -0.05) is 23.7 Å². The summed E-state index contributed by atoms with van der Waals surface area (Å²) in [5, 5.41) is 3.21. The minimum Gasteiger partial charge on any atom is -0.397 e. The van der Waals surface area contributed by atoms with E-state index in [4.69, 9.17) is 17.3 Å². The van der Waals surface area contributed by atoms with Crippen molar-refractivity contribution >= 4 is 28.9 Å². The number of hydrogen-bond donors (Lipinski definition) is 2. The molecule has 0 bridgehead atoms. The van der Waals surface area contributed by atoms with Crippen molar-refractivity contribution in [2.45, 2.75) is 13.8 Å². The van der Waals surface area contributed by atoms with Crippen LogP contribution in [0.4, 0.5) is 11.4 Å². The lowest BCUT2D eigenvalue weighted by Crippen LogP contribution is -2.14. The van der Waals surface area contributed by atoms with E-state index < -0.39 is 0 Å². The minimum atomic E-state index is -0.262. The van der Waals surface area contributed by atoms with Crippen molar-refractivity contribution in [3.8, 4) is 0 Å². The summed E-state index contributed by atoms with van der Waals surface area (Å²) in [6.07, 6.45) is 0. The molecule has 19 heavy (non-hydrogen) atoms. The van der Waals surface area contributed by atoms with Gasteiger partial charge in [0.15, 0.2) is 0 Å². The van der Waals surface area contributed by atoms with Crippen LogP contribution in [0.5, 0.6) is 0 Å². The zero-order chi connectivity index (χ0) is 14.0. The van der Waals surface area contributed by atoms with E-state index in [1.165, 1.54) is 0 Å². The fourth-order valence-electron chi connectivity index (χ4n) is 1.77. The lowest BCUT2D eigenvalue weighted by molar-refractivity contribution is 0.102. The molecule has 2 aromatic rings. The molecule has 0 aliphatic rings. The zero-order valence-corrected chi connectivity index (χ0v) is 11.6. The molecular weight excluding hydrogens is 260 g/mol. The van der Waals surface area contributed by atoms with Crippen LogP contribution in [0, 0.1) is 13.8 Å². The quantitative estimate of drug-likeness (QED) is 0.819. The molecule has 0 saturated heterocycles. The number of nitrogens with two attached hydrogens (primary N) is 1. The van der Waals surface area contributed by atoms with Crippen LogP contribution in [0.1, 0.15) is 21.5 Å². The number of aryl methyl sites for hydroxylation is 2. The van der Waals surface area contributed by atoms with Crippen molar-refractivity contribution in [2.75, 3.05) is 11.1 Å². The van der Waals surface area contributed by atoms with Gasteiger partial charge in [-0.25, -0.2) is 0 Å². The number of benzene rings is 2. The maximum Gasteiger partial charge on any atom is 0.257 e. The van der Waals surface area contributed by atoms with Crippen molar-refractivity contribution in [3.63, 3.8) is 0 Å². The molecule has 98 valence electrons. The first-order valence-corrected chi connectivity index (χ1v) is 6.29. The van der Waals surface area contributed by atoms with E-state index in [0.29, 0.717) is 22.0 Å². The van der Waals surface area contributed by atoms with Crippen LogP contribution in [-0.2, 0) is 0 Å². The number of halogens is 1. The second-order valence-electron chi connectivity index (χ2n) is 4.53. The third-order valence-electron chi connectivity index (χ3n) is 2.83. The highest BCUT2D eigenvalue weighted by molar-refractivity contribution is 6.34. The number of anilines is 2. The summed E-state index contributed by atoms with van der Waals surface area (Å²) in [6.45, 7) is 3.86. The fraction of sp³-hybridized carbons (Fsp3) is 0.133. The van der Waals surface area contributed by atoms with E-state index in [2.05, 4.69) is 5.32 Å². The summed E-state index contributed by atoms with van der Waals surface area (Å²) >= 11 is 6.07. The number of amides is 1. The van der Waals surface area contributed by atoms with Gasteiger partial charge in [0.2, 0.25) is 0 Å². The molecule has 0 unspecified atom stereocenters. The lowest BCUT2D eigenvalue weighted by Gasteiger charge is -2.10. The van der Waals surface area contributed by atoms with E-state index in [0.717, 1.165) is 11.1 Å². The maximum absolute atomic E-state index is 12.2. The average Bonchev–Trinajstić information content (AvgIpc) is 2.33. The van der Waals surface area contributed by atoms with Gasteiger partial charge in [-0.2, -0.15) is 0 Å². The van der Waals surface area contributed by atoms with Crippen molar-refractivity contribution in [3.05, 3.63) is 58.1 Å². The molecule has 3 nitrogen and oxygen atoms in total. The third-order valence-corrected chi connectivity index (χ3v) is 3.14. The number of hydrogen-bond acceptors (Lipinski definition) is 2. The molecule has 3 N–H and O–H groups in total. The Kier molecular flexibility index (Phi) is 3.76. The number of nitrogen functional groups attached to an aromatic ring is 1. The molecule has 1 amide bonds. The van der Waals surface area contributed by atoms with Crippen molar-refractivity contribution in [1.82, 2.24) is 0 Å². The molecule has 0 atom stereocenters. The largest absolute Gasteiger partial charge is 0.397 e. The van der Waals surface area contributed by atoms with Gasteiger partial charge in [0.25, 0.3) is 5.91 Å². The topological polar surface area (TPSA) is 55.1 Å². The zero-order valence-electron chi connectivity index (χ0n) is 10.8. The van der Waals surface area contributed by atoms with Crippen LogP contribution in [0.25, 0.3) is 0 Å². The highest BCUT2D eigenvalue weighted by Crippen LogP contribution is 2.23. The SMILES string of the molecule is Cc1ccc(C(=O)Nc2cc(C)ccc2N)c(Cl)c1. The Labute approximate surface area is 117 Å². The highest BCUT2D eigenvalue weighted by atomic mass is 35.5. The summed E-state index contributed by atoms with van der Waals surface area (Å²) in [5.41, 5.74) is 9.44. The lowest BCUT2D eigenvalue weighted by atomic mass is 10.1. The molecule has 0 aromatic heterocycles. The van der Waals surface area contributed by atoms with Crippen molar-refractivity contribution in [2.24, 2.45) is 0 Å². The van der Waals surface area contributed by atoms with Crippen LogP contribution < -0.4 is 11.1 Å². The number of nitrogens with one attached hydrogen (secondary N) is 1. The Morgan fingerprint density at radius 1 is 1.11 bits per heavy atom.